The van der Waals surface area contributed by atoms with Crippen LogP contribution < -0.4 is 0 Å². The first-order valence-electron chi connectivity index (χ1n) is 3.99. The maximum atomic E-state index is 11.0. The van der Waals surface area contributed by atoms with E-state index >= 15 is 0 Å². The van der Waals surface area contributed by atoms with Gasteiger partial charge in [0.15, 0.2) is 5.78 Å². The van der Waals surface area contributed by atoms with Gasteiger partial charge in [-0.2, -0.15) is 0 Å². The van der Waals surface area contributed by atoms with Crippen LogP contribution in [0.3, 0.4) is 0 Å². The van der Waals surface area contributed by atoms with E-state index in [0.29, 0.717) is 6.42 Å². The zero-order valence-electron chi connectivity index (χ0n) is 6.84. The number of carbonyl (C=O) groups is 1. The first-order valence-corrected chi connectivity index (χ1v) is 3.99. The summed E-state index contributed by atoms with van der Waals surface area (Å²) in [6, 6.07) is 0. The first kappa shape index (κ1) is 8.47. The molecule has 0 aromatic carbocycles. The number of aliphatic hydroxyl groups is 1. The standard InChI is InChI=1S/C9H14O2/c1-6(2)7-4-3-5-8(10)9(7)11/h7,9,11H,1,3-5H2,2H3. The topological polar surface area (TPSA) is 37.3 Å². The second kappa shape index (κ2) is 3.18. The maximum absolute atomic E-state index is 11.0. The van der Waals surface area contributed by atoms with E-state index in [2.05, 4.69) is 6.58 Å². The van der Waals surface area contributed by atoms with Gasteiger partial charge in [-0.25, -0.2) is 0 Å². The molecule has 0 heterocycles. The van der Waals surface area contributed by atoms with Crippen LogP contribution in [0.4, 0.5) is 0 Å². The normalized spacial score (nSPS) is 32.0. The second-order valence-corrected chi connectivity index (χ2v) is 3.26. The van der Waals surface area contributed by atoms with Crippen molar-refractivity contribution in [3.05, 3.63) is 12.2 Å². The summed E-state index contributed by atoms with van der Waals surface area (Å²) in [6.07, 6.45) is 1.56. The highest BCUT2D eigenvalue weighted by molar-refractivity contribution is 5.84. The van der Waals surface area contributed by atoms with Crippen LogP contribution in [0, 0.1) is 5.92 Å². The molecule has 11 heavy (non-hydrogen) atoms. The van der Waals surface area contributed by atoms with E-state index in [1.165, 1.54) is 0 Å². The minimum Gasteiger partial charge on any atom is -0.385 e. The molecule has 0 radical (unpaired) electrons. The predicted octanol–water partition coefficient (Wildman–Crippen LogP) is 1.29. The van der Waals surface area contributed by atoms with Crippen molar-refractivity contribution in [3.63, 3.8) is 0 Å². The van der Waals surface area contributed by atoms with Crippen LogP contribution in [0.2, 0.25) is 0 Å². The van der Waals surface area contributed by atoms with Crippen LogP contribution in [0.25, 0.3) is 0 Å². The van der Waals surface area contributed by atoms with Gasteiger partial charge in [-0.3, -0.25) is 4.79 Å². The maximum Gasteiger partial charge on any atom is 0.161 e. The number of Topliss-reactive ketones (excluding diaryl/α,β-unsaturated/α-hetero) is 1. The van der Waals surface area contributed by atoms with Crippen molar-refractivity contribution < 1.29 is 9.90 Å². The summed E-state index contributed by atoms with van der Waals surface area (Å²) in [7, 11) is 0. The van der Waals surface area contributed by atoms with Crippen molar-refractivity contribution in [2.75, 3.05) is 0 Å². The predicted molar refractivity (Wildman–Crippen MR) is 43.2 cm³/mol. The molecule has 1 fully saturated rings. The summed E-state index contributed by atoms with van der Waals surface area (Å²) in [5.41, 5.74) is 0.922. The molecule has 1 aliphatic carbocycles. The lowest BCUT2D eigenvalue weighted by atomic mass is 9.82. The van der Waals surface area contributed by atoms with Gasteiger partial charge in [-0.1, -0.05) is 12.2 Å². The Bertz CT molecular complexity index is 184. The lowest BCUT2D eigenvalue weighted by molar-refractivity contribution is -0.131. The summed E-state index contributed by atoms with van der Waals surface area (Å²) in [5, 5.41) is 9.40. The molecule has 0 aliphatic heterocycles. The molecule has 2 nitrogen and oxygen atoms in total. The van der Waals surface area contributed by atoms with Crippen LogP contribution in [0.1, 0.15) is 26.2 Å². The average molecular weight is 154 g/mol. The number of carbonyl (C=O) groups excluding carboxylic acids is 1. The number of aliphatic hydroxyl groups excluding tert-OH is 1. The number of rotatable bonds is 1. The Morgan fingerprint density at radius 1 is 1.73 bits per heavy atom. The third-order valence-corrected chi connectivity index (χ3v) is 2.28. The third-order valence-electron chi connectivity index (χ3n) is 2.28. The van der Waals surface area contributed by atoms with Crippen molar-refractivity contribution >= 4 is 5.78 Å². The fourth-order valence-electron chi connectivity index (χ4n) is 1.54. The average Bonchev–Trinajstić information content (AvgIpc) is 1.94. The van der Waals surface area contributed by atoms with E-state index in [1.54, 1.807) is 0 Å². The lowest BCUT2D eigenvalue weighted by Crippen LogP contribution is -2.33. The molecule has 2 unspecified atom stereocenters. The molecule has 0 aromatic rings. The fraction of sp³-hybridized carbons (Fsp3) is 0.667. The van der Waals surface area contributed by atoms with E-state index in [9.17, 15) is 9.90 Å². The van der Waals surface area contributed by atoms with Gasteiger partial charge in [0, 0.05) is 12.3 Å². The van der Waals surface area contributed by atoms with Crippen molar-refractivity contribution in [1.29, 1.82) is 0 Å². The molecule has 62 valence electrons. The number of hydrogen-bond acceptors (Lipinski definition) is 2. The molecule has 0 saturated heterocycles. The SMILES string of the molecule is C=C(C)C1CCCC(=O)C1O. The molecule has 1 rings (SSSR count). The smallest absolute Gasteiger partial charge is 0.161 e. The Hall–Kier alpha value is -0.630. The number of hydrogen-bond donors (Lipinski definition) is 1. The van der Waals surface area contributed by atoms with Crippen LogP contribution >= 0.6 is 0 Å². The zero-order valence-corrected chi connectivity index (χ0v) is 6.84. The lowest BCUT2D eigenvalue weighted by Gasteiger charge is -2.26. The second-order valence-electron chi connectivity index (χ2n) is 3.26. The monoisotopic (exact) mass is 154 g/mol. The van der Waals surface area contributed by atoms with Gasteiger partial charge in [0.25, 0.3) is 0 Å². The summed E-state index contributed by atoms with van der Waals surface area (Å²) in [4.78, 5) is 11.0. The van der Waals surface area contributed by atoms with Crippen LogP contribution in [-0.4, -0.2) is 17.0 Å². The summed E-state index contributed by atoms with van der Waals surface area (Å²) >= 11 is 0. The molecule has 2 atom stereocenters. The van der Waals surface area contributed by atoms with Crippen molar-refractivity contribution in [3.8, 4) is 0 Å². The highest BCUT2D eigenvalue weighted by Crippen LogP contribution is 2.26. The summed E-state index contributed by atoms with van der Waals surface area (Å²) < 4.78 is 0. The van der Waals surface area contributed by atoms with Gasteiger partial charge in [-0.15, -0.1) is 0 Å². The van der Waals surface area contributed by atoms with Crippen molar-refractivity contribution in [2.45, 2.75) is 32.3 Å². The minimum absolute atomic E-state index is 0.0104. The molecule has 1 saturated carbocycles. The van der Waals surface area contributed by atoms with E-state index in [0.717, 1.165) is 18.4 Å². The Morgan fingerprint density at radius 3 is 2.82 bits per heavy atom. The van der Waals surface area contributed by atoms with E-state index in [1.807, 2.05) is 6.92 Å². The van der Waals surface area contributed by atoms with Gasteiger partial charge < -0.3 is 5.11 Å². The molecular weight excluding hydrogens is 140 g/mol. The number of ketones is 1. The first-order chi connectivity index (χ1) is 5.13. The fourth-order valence-corrected chi connectivity index (χ4v) is 1.54. The molecule has 1 aliphatic rings. The van der Waals surface area contributed by atoms with E-state index < -0.39 is 6.10 Å². The van der Waals surface area contributed by atoms with Gasteiger partial charge in [-0.05, 0) is 19.8 Å². The zero-order chi connectivity index (χ0) is 8.43. The van der Waals surface area contributed by atoms with Gasteiger partial charge >= 0.3 is 0 Å². The molecule has 0 bridgehead atoms. The Labute approximate surface area is 66.9 Å². The Kier molecular flexibility index (Phi) is 2.45. The van der Waals surface area contributed by atoms with Crippen LogP contribution in [0.5, 0.6) is 0 Å². The molecule has 2 heteroatoms. The van der Waals surface area contributed by atoms with E-state index in [-0.39, 0.29) is 11.7 Å². The van der Waals surface area contributed by atoms with Crippen molar-refractivity contribution in [1.82, 2.24) is 0 Å². The van der Waals surface area contributed by atoms with Crippen LogP contribution in [0.15, 0.2) is 12.2 Å². The Morgan fingerprint density at radius 2 is 2.36 bits per heavy atom. The van der Waals surface area contributed by atoms with Crippen molar-refractivity contribution in [2.24, 2.45) is 5.92 Å². The van der Waals surface area contributed by atoms with Gasteiger partial charge in [0.05, 0.1) is 0 Å². The molecule has 0 spiro atoms. The third kappa shape index (κ3) is 1.69. The summed E-state index contributed by atoms with van der Waals surface area (Å²) in [6.45, 7) is 5.62. The largest absolute Gasteiger partial charge is 0.385 e. The van der Waals surface area contributed by atoms with Gasteiger partial charge in [0.2, 0.25) is 0 Å². The molecular formula is C9H14O2. The highest BCUT2D eigenvalue weighted by atomic mass is 16.3. The highest BCUT2D eigenvalue weighted by Gasteiger charge is 2.29. The quantitative estimate of drug-likeness (QED) is 0.578. The molecule has 0 amide bonds. The molecule has 0 aromatic heterocycles. The molecule has 1 N–H and O–H groups in total. The summed E-state index contributed by atoms with van der Waals surface area (Å²) in [5.74, 6) is -0.0134. The minimum atomic E-state index is -0.777. The van der Waals surface area contributed by atoms with Crippen LogP contribution in [-0.2, 0) is 4.79 Å². The Balaban J connectivity index is 2.65. The van der Waals surface area contributed by atoms with Gasteiger partial charge in [0.1, 0.15) is 6.10 Å². The van der Waals surface area contributed by atoms with E-state index in [4.69, 9.17) is 0 Å².